The Balaban J connectivity index is 1.66. The van der Waals surface area contributed by atoms with Gasteiger partial charge in [0.2, 0.25) is 5.91 Å². The second kappa shape index (κ2) is 5.90. The molecule has 0 spiro atoms. The van der Waals surface area contributed by atoms with Gasteiger partial charge in [-0.05, 0) is 30.5 Å². The number of carbonyl (C=O) groups is 1. The summed E-state index contributed by atoms with van der Waals surface area (Å²) >= 11 is 6.06. The molecular weight excluding hydrogens is 286 g/mol. The van der Waals surface area contributed by atoms with Crippen LogP contribution in [0.4, 0.5) is 0 Å². The highest BCUT2D eigenvalue weighted by molar-refractivity contribution is 6.30. The molecule has 4 nitrogen and oxygen atoms in total. The van der Waals surface area contributed by atoms with Gasteiger partial charge < -0.3 is 10.3 Å². The highest BCUT2D eigenvalue weighted by Crippen LogP contribution is 2.44. The van der Waals surface area contributed by atoms with Crippen molar-refractivity contribution in [1.29, 1.82) is 0 Å². The van der Waals surface area contributed by atoms with Crippen LogP contribution in [0.25, 0.3) is 0 Å². The molecule has 1 fully saturated rings. The molecule has 0 radical (unpaired) electrons. The van der Waals surface area contributed by atoms with Gasteiger partial charge in [0, 0.05) is 30.4 Å². The van der Waals surface area contributed by atoms with Crippen LogP contribution in [0.5, 0.6) is 0 Å². The number of nitrogens with one attached hydrogen (secondary N) is 2. The quantitative estimate of drug-likeness (QED) is 0.892. The monoisotopic (exact) mass is 303 g/mol. The predicted octanol–water partition coefficient (Wildman–Crippen LogP) is 2.84. The largest absolute Gasteiger partial charge is 0.355 e. The minimum Gasteiger partial charge on any atom is -0.355 e. The van der Waals surface area contributed by atoms with Crippen LogP contribution < -0.4 is 5.32 Å². The topological polar surface area (TPSA) is 57.8 Å². The van der Waals surface area contributed by atoms with Crippen LogP contribution in [0.3, 0.4) is 0 Å². The molecule has 110 valence electrons. The van der Waals surface area contributed by atoms with Crippen molar-refractivity contribution in [2.75, 3.05) is 6.54 Å². The normalized spacial score (nSPS) is 16.2. The molecule has 1 aromatic carbocycles. The van der Waals surface area contributed by atoms with Crippen molar-refractivity contribution in [3.8, 4) is 0 Å². The molecule has 0 aliphatic heterocycles. The molecule has 1 heterocycles. The lowest BCUT2D eigenvalue weighted by atomic mass is 9.64. The number of imidazole rings is 1. The Bertz CT molecular complexity index is 620. The second-order valence-electron chi connectivity index (χ2n) is 5.49. The van der Waals surface area contributed by atoms with Gasteiger partial charge in [-0.25, -0.2) is 4.98 Å². The summed E-state index contributed by atoms with van der Waals surface area (Å²) < 4.78 is 0. The minimum absolute atomic E-state index is 0.0996. The van der Waals surface area contributed by atoms with Crippen molar-refractivity contribution in [2.45, 2.75) is 31.1 Å². The first-order valence-corrected chi connectivity index (χ1v) is 7.61. The fourth-order valence-corrected chi connectivity index (χ4v) is 3.05. The van der Waals surface area contributed by atoms with Crippen molar-refractivity contribution >= 4 is 17.5 Å². The Morgan fingerprint density at radius 1 is 1.43 bits per heavy atom. The Kier molecular flexibility index (Phi) is 3.97. The number of hydrogen-bond acceptors (Lipinski definition) is 2. The van der Waals surface area contributed by atoms with Crippen molar-refractivity contribution in [3.05, 3.63) is 53.1 Å². The maximum atomic E-state index is 12.6. The molecule has 1 aliphatic carbocycles. The first-order chi connectivity index (χ1) is 10.2. The molecule has 21 heavy (non-hydrogen) atoms. The van der Waals surface area contributed by atoms with Crippen LogP contribution in [0.2, 0.25) is 5.02 Å². The summed E-state index contributed by atoms with van der Waals surface area (Å²) in [4.78, 5) is 19.8. The molecule has 1 amide bonds. The smallest absolute Gasteiger partial charge is 0.230 e. The molecule has 2 aromatic rings. The van der Waals surface area contributed by atoms with E-state index in [1.54, 1.807) is 12.4 Å². The van der Waals surface area contributed by atoms with Crippen LogP contribution in [0.1, 0.15) is 30.7 Å². The van der Waals surface area contributed by atoms with Gasteiger partial charge in [0.15, 0.2) is 0 Å². The number of aromatic nitrogens is 2. The van der Waals surface area contributed by atoms with Crippen molar-refractivity contribution in [1.82, 2.24) is 15.3 Å². The lowest BCUT2D eigenvalue weighted by Crippen LogP contribution is -2.49. The molecule has 0 saturated heterocycles. The summed E-state index contributed by atoms with van der Waals surface area (Å²) in [6, 6.07) is 7.66. The van der Waals surface area contributed by atoms with E-state index in [2.05, 4.69) is 15.3 Å². The average Bonchev–Trinajstić information content (AvgIpc) is 2.91. The van der Waals surface area contributed by atoms with E-state index in [0.29, 0.717) is 18.0 Å². The summed E-state index contributed by atoms with van der Waals surface area (Å²) in [7, 11) is 0. The Labute approximate surface area is 128 Å². The SMILES string of the molecule is O=C(NCCc1ncc[nH]1)C1(c2cccc(Cl)c2)CCC1. The molecule has 5 heteroatoms. The molecule has 1 saturated carbocycles. The number of nitrogens with zero attached hydrogens (tertiary/aromatic N) is 1. The van der Waals surface area contributed by atoms with Gasteiger partial charge in [0.05, 0.1) is 5.41 Å². The molecule has 1 aliphatic rings. The lowest BCUT2D eigenvalue weighted by Gasteiger charge is -2.40. The zero-order chi connectivity index (χ0) is 14.7. The van der Waals surface area contributed by atoms with E-state index >= 15 is 0 Å². The summed E-state index contributed by atoms with van der Waals surface area (Å²) in [5.74, 6) is 0.989. The number of carbonyl (C=O) groups excluding carboxylic acids is 1. The predicted molar refractivity (Wildman–Crippen MR) is 82.3 cm³/mol. The maximum Gasteiger partial charge on any atom is 0.230 e. The number of halogens is 1. The molecule has 3 rings (SSSR count). The number of benzene rings is 1. The van der Waals surface area contributed by atoms with E-state index in [0.717, 1.165) is 30.7 Å². The molecular formula is C16H18ClN3O. The van der Waals surface area contributed by atoms with Gasteiger partial charge >= 0.3 is 0 Å². The third kappa shape index (κ3) is 2.81. The van der Waals surface area contributed by atoms with E-state index in [4.69, 9.17) is 11.6 Å². The Morgan fingerprint density at radius 2 is 2.29 bits per heavy atom. The lowest BCUT2D eigenvalue weighted by molar-refractivity contribution is -0.129. The highest BCUT2D eigenvalue weighted by Gasteiger charge is 2.45. The summed E-state index contributed by atoms with van der Waals surface area (Å²) in [5, 5.41) is 3.72. The van der Waals surface area contributed by atoms with E-state index in [-0.39, 0.29) is 5.91 Å². The Morgan fingerprint density at radius 3 is 2.90 bits per heavy atom. The van der Waals surface area contributed by atoms with Crippen LogP contribution in [0, 0.1) is 0 Å². The zero-order valence-corrected chi connectivity index (χ0v) is 12.5. The van der Waals surface area contributed by atoms with Gasteiger partial charge in [0.25, 0.3) is 0 Å². The second-order valence-corrected chi connectivity index (χ2v) is 5.92. The zero-order valence-electron chi connectivity index (χ0n) is 11.7. The fourth-order valence-electron chi connectivity index (χ4n) is 2.86. The third-order valence-electron chi connectivity index (χ3n) is 4.22. The van der Waals surface area contributed by atoms with Crippen molar-refractivity contribution < 1.29 is 4.79 Å². The van der Waals surface area contributed by atoms with Gasteiger partial charge in [-0.2, -0.15) is 0 Å². The molecule has 0 bridgehead atoms. The number of H-pyrrole nitrogens is 1. The van der Waals surface area contributed by atoms with Crippen LogP contribution in [0.15, 0.2) is 36.7 Å². The van der Waals surface area contributed by atoms with Crippen molar-refractivity contribution in [2.24, 2.45) is 0 Å². The first kappa shape index (κ1) is 14.1. The number of aromatic amines is 1. The molecule has 0 atom stereocenters. The van der Waals surface area contributed by atoms with Crippen LogP contribution in [-0.2, 0) is 16.6 Å². The maximum absolute atomic E-state index is 12.6. The standard InChI is InChI=1S/C16H18ClN3O/c17-13-4-1-3-12(11-13)16(6-2-7-16)15(21)20-8-5-14-18-9-10-19-14/h1,3-4,9-11H,2,5-8H2,(H,18,19)(H,20,21). The molecule has 1 aromatic heterocycles. The highest BCUT2D eigenvalue weighted by atomic mass is 35.5. The van der Waals surface area contributed by atoms with Crippen LogP contribution in [-0.4, -0.2) is 22.4 Å². The minimum atomic E-state index is -0.395. The van der Waals surface area contributed by atoms with E-state index in [1.165, 1.54) is 0 Å². The van der Waals surface area contributed by atoms with Gasteiger partial charge in [-0.3, -0.25) is 4.79 Å². The summed E-state index contributed by atoms with van der Waals surface area (Å²) in [6.07, 6.45) is 7.08. The fraction of sp³-hybridized carbons (Fsp3) is 0.375. The number of amides is 1. The van der Waals surface area contributed by atoms with Crippen molar-refractivity contribution in [3.63, 3.8) is 0 Å². The number of hydrogen-bond donors (Lipinski definition) is 2. The van der Waals surface area contributed by atoms with E-state index < -0.39 is 5.41 Å². The van der Waals surface area contributed by atoms with Gasteiger partial charge in [-0.1, -0.05) is 30.2 Å². The summed E-state index contributed by atoms with van der Waals surface area (Å²) in [6.45, 7) is 0.592. The van der Waals surface area contributed by atoms with E-state index in [1.807, 2.05) is 24.3 Å². The number of rotatable bonds is 5. The van der Waals surface area contributed by atoms with Gasteiger partial charge in [0.1, 0.15) is 5.82 Å². The molecule has 0 unspecified atom stereocenters. The Hall–Kier alpha value is -1.81. The summed E-state index contributed by atoms with van der Waals surface area (Å²) in [5.41, 5.74) is 0.630. The first-order valence-electron chi connectivity index (χ1n) is 7.23. The van der Waals surface area contributed by atoms with Gasteiger partial charge in [-0.15, -0.1) is 0 Å². The van der Waals surface area contributed by atoms with E-state index in [9.17, 15) is 4.79 Å². The molecule has 2 N–H and O–H groups in total. The average molecular weight is 304 g/mol. The van der Waals surface area contributed by atoms with Crippen LogP contribution >= 0.6 is 11.6 Å². The third-order valence-corrected chi connectivity index (χ3v) is 4.46.